The molecule has 0 bridgehead atoms. The molecule has 0 radical (unpaired) electrons. The molecule has 3 nitrogen and oxygen atoms in total. The van der Waals surface area contributed by atoms with Gasteiger partial charge >= 0.3 is 6.36 Å². The fraction of sp³-hybridized carbons (Fsp3) is 0.286. The maximum absolute atomic E-state index is 11.9. The Kier molecular flexibility index (Phi) is 3.53. The SMILES string of the molecule is NCc1ccnc(OC(F)(F)F)c1I. The third kappa shape index (κ3) is 2.98. The maximum Gasteiger partial charge on any atom is 0.574 e. The number of nitrogens with zero attached hydrogens (tertiary/aromatic N) is 1. The van der Waals surface area contributed by atoms with Crippen LogP contribution in [0.2, 0.25) is 0 Å². The molecular weight excluding hydrogens is 312 g/mol. The van der Waals surface area contributed by atoms with E-state index in [0.717, 1.165) is 0 Å². The van der Waals surface area contributed by atoms with Crippen LogP contribution in [0.4, 0.5) is 13.2 Å². The first-order valence-electron chi connectivity index (χ1n) is 3.53. The smallest absolute Gasteiger partial charge is 0.387 e. The molecule has 1 aromatic rings. The number of hydrogen-bond acceptors (Lipinski definition) is 3. The lowest BCUT2D eigenvalue weighted by Crippen LogP contribution is -2.19. The predicted octanol–water partition coefficient (Wildman–Crippen LogP) is 2.04. The fourth-order valence-corrected chi connectivity index (χ4v) is 1.45. The molecule has 78 valence electrons. The monoisotopic (exact) mass is 318 g/mol. The number of alkyl halides is 3. The zero-order valence-corrected chi connectivity index (χ0v) is 8.96. The minimum Gasteiger partial charge on any atom is -0.387 e. The average molecular weight is 318 g/mol. The Labute approximate surface area is 91.6 Å². The quantitative estimate of drug-likeness (QED) is 0.849. The molecule has 0 saturated heterocycles. The Bertz CT molecular complexity index is 329. The van der Waals surface area contributed by atoms with Gasteiger partial charge in [-0.1, -0.05) is 0 Å². The molecule has 0 aliphatic heterocycles. The van der Waals surface area contributed by atoms with Crippen LogP contribution >= 0.6 is 22.6 Å². The minimum atomic E-state index is -4.72. The Hall–Kier alpha value is -0.570. The van der Waals surface area contributed by atoms with Crippen LogP contribution in [-0.4, -0.2) is 11.3 Å². The van der Waals surface area contributed by atoms with Crippen molar-refractivity contribution in [2.45, 2.75) is 12.9 Å². The Morgan fingerprint density at radius 2 is 2.14 bits per heavy atom. The van der Waals surface area contributed by atoms with Crippen molar-refractivity contribution in [1.82, 2.24) is 4.98 Å². The molecule has 2 N–H and O–H groups in total. The van der Waals surface area contributed by atoms with Crippen LogP contribution in [0.15, 0.2) is 12.3 Å². The van der Waals surface area contributed by atoms with Gasteiger partial charge in [-0.3, -0.25) is 0 Å². The van der Waals surface area contributed by atoms with Crippen LogP contribution in [0.5, 0.6) is 5.88 Å². The van der Waals surface area contributed by atoms with Crippen LogP contribution in [0.25, 0.3) is 0 Å². The van der Waals surface area contributed by atoms with Gasteiger partial charge in [-0.15, -0.1) is 13.2 Å². The number of halogens is 4. The van der Waals surface area contributed by atoms with E-state index in [-0.39, 0.29) is 10.1 Å². The highest BCUT2D eigenvalue weighted by molar-refractivity contribution is 14.1. The van der Waals surface area contributed by atoms with Crippen molar-refractivity contribution in [1.29, 1.82) is 0 Å². The first-order chi connectivity index (χ1) is 6.44. The van der Waals surface area contributed by atoms with E-state index in [1.54, 1.807) is 28.7 Å². The summed E-state index contributed by atoms with van der Waals surface area (Å²) in [5.41, 5.74) is 5.88. The second kappa shape index (κ2) is 4.30. The molecule has 0 unspecified atom stereocenters. The van der Waals surface area contributed by atoms with Gasteiger partial charge in [-0.05, 0) is 34.2 Å². The lowest BCUT2D eigenvalue weighted by molar-refractivity contribution is -0.276. The maximum atomic E-state index is 11.9. The summed E-state index contributed by atoms with van der Waals surface area (Å²) in [6.45, 7) is 0.148. The lowest BCUT2D eigenvalue weighted by Gasteiger charge is -2.10. The van der Waals surface area contributed by atoms with Crippen LogP contribution in [-0.2, 0) is 6.54 Å². The number of ether oxygens (including phenoxy) is 1. The molecule has 7 heteroatoms. The van der Waals surface area contributed by atoms with Crippen molar-refractivity contribution < 1.29 is 17.9 Å². The largest absolute Gasteiger partial charge is 0.574 e. The van der Waals surface area contributed by atoms with E-state index in [1.807, 2.05) is 0 Å². The van der Waals surface area contributed by atoms with E-state index in [2.05, 4.69) is 9.72 Å². The average Bonchev–Trinajstić information content (AvgIpc) is 2.06. The van der Waals surface area contributed by atoms with Gasteiger partial charge in [0.15, 0.2) is 0 Å². The molecule has 0 aromatic carbocycles. The van der Waals surface area contributed by atoms with Crippen LogP contribution in [0.3, 0.4) is 0 Å². The predicted molar refractivity (Wildman–Crippen MR) is 51.5 cm³/mol. The van der Waals surface area contributed by atoms with Crippen molar-refractivity contribution in [3.05, 3.63) is 21.4 Å². The van der Waals surface area contributed by atoms with Gasteiger partial charge in [0.25, 0.3) is 0 Å². The summed E-state index contributed by atoms with van der Waals surface area (Å²) in [4.78, 5) is 3.47. The van der Waals surface area contributed by atoms with Gasteiger partial charge in [0, 0.05) is 12.7 Å². The highest BCUT2D eigenvalue weighted by Crippen LogP contribution is 2.27. The van der Waals surface area contributed by atoms with Crippen molar-refractivity contribution >= 4 is 22.6 Å². The first kappa shape index (κ1) is 11.5. The number of pyridine rings is 1. The molecule has 0 fully saturated rings. The molecule has 1 aromatic heterocycles. The van der Waals surface area contributed by atoms with Crippen LogP contribution in [0.1, 0.15) is 5.56 Å². The highest BCUT2D eigenvalue weighted by Gasteiger charge is 2.32. The first-order valence-corrected chi connectivity index (χ1v) is 4.61. The Morgan fingerprint density at radius 3 is 2.64 bits per heavy atom. The van der Waals surface area contributed by atoms with Gasteiger partial charge in [0.1, 0.15) is 0 Å². The topological polar surface area (TPSA) is 48.1 Å². The van der Waals surface area contributed by atoms with Crippen LogP contribution in [0, 0.1) is 3.57 Å². The van der Waals surface area contributed by atoms with Crippen molar-refractivity contribution in [3.63, 3.8) is 0 Å². The van der Waals surface area contributed by atoms with Gasteiger partial charge in [0.2, 0.25) is 5.88 Å². The zero-order valence-electron chi connectivity index (χ0n) is 6.81. The molecule has 14 heavy (non-hydrogen) atoms. The van der Waals surface area contributed by atoms with Crippen molar-refractivity contribution in [2.75, 3.05) is 0 Å². The summed E-state index contributed by atoms with van der Waals surface area (Å²) in [5, 5.41) is 0. The van der Waals surface area contributed by atoms with E-state index >= 15 is 0 Å². The molecule has 0 atom stereocenters. The van der Waals surface area contributed by atoms with Crippen LogP contribution < -0.4 is 10.5 Å². The third-order valence-corrected chi connectivity index (χ3v) is 2.52. The summed E-state index contributed by atoms with van der Waals surface area (Å²) in [5.74, 6) is -0.457. The van der Waals surface area contributed by atoms with Gasteiger partial charge in [-0.25, -0.2) is 4.98 Å². The molecule has 1 rings (SSSR count). The van der Waals surface area contributed by atoms with Crippen molar-refractivity contribution in [3.8, 4) is 5.88 Å². The van der Waals surface area contributed by atoms with Crippen molar-refractivity contribution in [2.24, 2.45) is 5.73 Å². The molecule has 0 aliphatic rings. The number of hydrogen-bond donors (Lipinski definition) is 1. The highest BCUT2D eigenvalue weighted by atomic mass is 127. The van der Waals surface area contributed by atoms with E-state index < -0.39 is 12.2 Å². The van der Waals surface area contributed by atoms with E-state index in [4.69, 9.17) is 5.73 Å². The molecule has 0 amide bonds. The standard InChI is InChI=1S/C7H6F3IN2O/c8-7(9,10)14-6-5(11)4(3-12)1-2-13-6/h1-2H,3,12H2. The second-order valence-electron chi connectivity index (χ2n) is 2.34. The van der Waals surface area contributed by atoms with E-state index in [0.29, 0.717) is 5.56 Å². The fourth-order valence-electron chi connectivity index (χ4n) is 0.801. The zero-order chi connectivity index (χ0) is 10.8. The van der Waals surface area contributed by atoms with E-state index in [9.17, 15) is 13.2 Å². The summed E-state index contributed by atoms with van der Waals surface area (Å²) >= 11 is 1.71. The number of aromatic nitrogens is 1. The van der Waals surface area contributed by atoms with Gasteiger partial charge < -0.3 is 10.5 Å². The normalized spacial score (nSPS) is 11.5. The molecule has 0 aliphatic carbocycles. The Balaban J connectivity index is 2.98. The molecular formula is C7H6F3IN2O. The number of nitrogens with two attached hydrogens (primary N) is 1. The summed E-state index contributed by atoms with van der Waals surface area (Å²) in [6.07, 6.45) is -3.49. The molecule has 0 saturated carbocycles. The minimum absolute atomic E-state index is 0.148. The van der Waals surface area contributed by atoms with E-state index in [1.165, 1.54) is 6.20 Å². The summed E-state index contributed by atoms with van der Waals surface area (Å²) in [6, 6.07) is 1.55. The number of rotatable bonds is 2. The third-order valence-electron chi connectivity index (χ3n) is 1.37. The van der Waals surface area contributed by atoms with Gasteiger partial charge in [0.05, 0.1) is 3.57 Å². The summed E-state index contributed by atoms with van der Waals surface area (Å²) < 4.78 is 39.6. The molecule has 1 heterocycles. The lowest BCUT2D eigenvalue weighted by atomic mass is 10.3. The Morgan fingerprint density at radius 1 is 1.50 bits per heavy atom. The second-order valence-corrected chi connectivity index (χ2v) is 3.42. The molecule has 0 spiro atoms. The van der Waals surface area contributed by atoms with Gasteiger partial charge in [-0.2, -0.15) is 0 Å². The summed E-state index contributed by atoms with van der Waals surface area (Å²) in [7, 11) is 0.